The normalized spacial score (nSPS) is 19.3. The molecule has 1 aliphatic rings. The molecule has 0 bridgehead atoms. The third-order valence-corrected chi connectivity index (χ3v) is 2.92. The highest BCUT2D eigenvalue weighted by Crippen LogP contribution is 2.22. The molecule has 2 nitrogen and oxygen atoms in total. The van der Waals surface area contributed by atoms with E-state index in [2.05, 4.69) is 11.8 Å². The fourth-order valence-electron chi connectivity index (χ4n) is 2.23. The van der Waals surface area contributed by atoms with E-state index < -0.39 is 0 Å². The lowest BCUT2D eigenvalue weighted by Crippen LogP contribution is -2.39. The molecular weight excluding hydrogens is 162 g/mol. The van der Waals surface area contributed by atoms with E-state index in [4.69, 9.17) is 0 Å². The lowest BCUT2D eigenvalue weighted by atomic mass is 9.94. The molecule has 0 aromatic heterocycles. The zero-order chi connectivity index (χ0) is 9.68. The zero-order valence-corrected chi connectivity index (χ0v) is 8.88. The topological polar surface area (TPSA) is 20.3 Å². The highest BCUT2D eigenvalue weighted by Gasteiger charge is 2.20. The minimum Gasteiger partial charge on any atom is -0.299 e. The monoisotopic (exact) mass is 183 g/mol. The Morgan fingerprint density at radius 1 is 1.31 bits per heavy atom. The van der Waals surface area contributed by atoms with E-state index in [9.17, 15) is 4.79 Å². The number of carbonyl (C=O) groups is 1. The Labute approximate surface area is 81.3 Å². The first kappa shape index (κ1) is 10.7. The van der Waals surface area contributed by atoms with E-state index in [1.807, 2.05) is 0 Å². The first-order chi connectivity index (χ1) is 6.24. The minimum atomic E-state index is 0.299. The molecule has 76 valence electrons. The van der Waals surface area contributed by atoms with E-state index in [1.54, 1.807) is 6.92 Å². The van der Waals surface area contributed by atoms with Crippen molar-refractivity contribution in [1.82, 2.24) is 4.90 Å². The van der Waals surface area contributed by atoms with Gasteiger partial charge in [0.25, 0.3) is 0 Å². The van der Waals surface area contributed by atoms with Gasteiger partial charge in [0.05, 0.1) is 6.54 Å². The van der Waals surface area contributed by atoms with Gasteiger partial charge >= 0.3 is 0 Å². The van der Waals surface area contributed by atoms with Gasteiger partial charge in [0, 0.05) is 6.04 Å². The van der Waals surface area contributed by atoms with Gasteiger partial charge in [0.1, 0.15) is 5.78 Å². The summed E-state index contributed by atoms with van der Waals surface area (Å²) in [7, 11) is 0. The number of hydrogen-bond donors (Lipinski definition) is 0. The van der Waals surface area contributed by atoms with E-state index >= 15 is 0 Å². The predicted octanol–water partition coefficient (Wildman–Crippen LogP) is 2.23. The van der Waals surface area contributed by atoms with Gasteiger partial charge in [-0.05, 0) is 26.3 Å². The highest BCUT2D eigenvalue weighted by atomic mass is 16.1. The molecule has 0 aliphatic heterocycles. The summed E-state index contributed by atoms with van der Waals surface area (Å²) in [6.07, 6.45) is 6.66. The smallest absolute Gasteiger partial charge is 0.143 e. The maximum Gasteiger partial charge on any atom is 0.143 e. The summed E-state index contributed by atoms with van der Waals surface area (Å²) < 4.78 is 0. The fourth-order valence-corrected chi connectivity index (χ4v) is 2.23. The molecule has 13 heavy (non-hydrogen) atoms. The standard InChI is InChI=1S/C11H21NO/c1-3-12(9-10(2)13)11-7-5-4-6-8-11/h11H,3-9H2,1-2H3. The van der Waals surface area contributed by atoms with Crippen LogP contribution in [-0.2, 0) is 4.79 Å². The summed E-state index contributed by atoms with van der Waals surface area (Å²) >= 11 is 0. The van der Waals surface area contributed by atoms with Gasteiger partial charge in [-0.15, -0.1) is 0 Å². The third kappa shape index (κ3) is 3.47. The van der Waals surface area contributed by atoms with Crippen LogP contribution in [0.15, 0.2) is 0 Å². The maximum absolute atomic E-state index is 11.0. The number of Topliss-reactive ketones (excluding diaryl/α,β-unsaturated/α-hetero) is 1. The molecular formula is C11H21NO. The van der Waals surface area contributed by atoms with Crippen molar-refractivity contribution in [2.24, 2.45) is 0 Å². The van der Waals surface area contributed by atoms with Crippen molar-refractivity contribution in [3.05, 3.63) is 0 Å². The van der Waals surface area contributed by atoms with Crippen LogP contribution in [0.2, 0.25) is 0 Å². The maximum atomic E-state index is 11.0. The summed E-state index contributed by atoms with van der Waals surface area (Å²) in [6, 6.07) is 0.683. The zero-order valence-electron chi connectivity index (χ0n) is 8.88. The van der Waals surface area contributed by atoms with Gasteiger partial charge < -0.3 is 0 Å². The number of ketones is 1. The van der Waals surface area contributed by atoms with E-state index in [-0.39, 0.29) is 0 Å². The molecule has 0 atom stereocenters. The van der Waals surface area contributed by atoms with Crippen molar-refractivity contribution < 1.29 is 4.79 Å². The molecule has 1 saturated carbocycles. The lowest BCUT2D eigenvalue weighted by molar-refractivity contribution is -0.118. The van der Waals surface area contributed by atoms with Crippen LogP contribution in [-0.4, -0.2) is 29.8 Å². The van der Waals surface area contributed by atoms with Crippen molar-refractivity contribution in [3.63, 3.8) is 0 Å². The average molecular weight is 183 g/mol. The second kappa shape index (κ2) is 5.38. The van der Waals surface area contributed by atoms with Crippen molar-refractivity contribution in [2.45, 2.75) is 52.0 Å². The first-order valence-electron chi connectivity index (χ1n) is 5.47. The van der Waals surface area contributed by atoms with Gasteiger partial charge in [-0.3, -0.25) is 9.69 Å². The molecule has 0 spiro atoms. The molecule has 1 aliphatic carbocycles. The Kier molecular flexibility index (Phi) is 4.43. The largest absolute Gasteiger partial charge is 0.299 e. The second-order valence-electron chi connectivity index (χ2n) is 4.06. The molecule has 0 saturated heterocycles. The van der Waals surface area contributed by atoms with Crippen LogP contribution in [0.25, 0.3) is 0 Å². The minimum absolute atomic E-state index is 0.299. The summed E-state index contributed by atoms with van der Waals surface area (Å²) in [6.45, 7) is 5.51. The Bertz CT molecular complexity index is 161. The Hall–Kier alpha value is -0.370. The molecule has 0 N–H and O–H groups in total. The molecule has 0 unspecified atom stereocenters. The Morgan fingerprint density at radius 2 is 1.92 bits per heavy atom. The van der Waals surface area contributed by atoms with E-state index in [0.717, 1.165) is 6.54 Å². The fraction of sp³-hybridized carbons (Fsp3) is 0.909. The summed E-state index contributed by atoms with van der Waals surface area (Å²) in [5, 5.41) is 0. The molecule has 2 heteroatoms. The van der Waals surface area contributed by atoms with E-state index in [0.29, 0.717) is 18.4 Å². The van der Waals surface area contributed by atoms with Crippen LogP contribution in [0.3, 0.4) is 0 Å². The molecule has 1 rings (SSSR count). The van der Waals surface area contributed by atoms with Gasteiger partial charge in [-0.1, -0.05) is 26.2 Å². The molecule has 0 radical (unpaired) electrons. The van der Waals surface area contributed by atoms with Crippen LogP contribution in [0.5, 0.6) is 0 Å². The van der Waals surface area contributed by atoms with Gasteiger partial charge in [0.15, 0.2) is 0 Å². The molecule has 1 fully saturated rings. The van der Waals surface area contributed by atoms with E-state index in [1.165, 1.54) is 32.1 Å². The quantitative estimate of drug-likeness (QED) is 0.666. The number of likely N-dealkylation sites (N-methyl/N-ethyl adjacent to an activating group) is 1. The van der Waals surface area contributed by atoms with Crippen LogP contribution < -0.4 is 0 Å². The molecule has 0 amide bonds. The first-order valence-corrected chi connectivity index (χ1v) is 5.47. The van der Waals surface area contributed by atoms with Crippen LogP contribution in [0.1, 0.15) is 46.0 Å². The van der Waals surface area contributed by atoms with Crippen molar-refractivity contribution in [2.75, 3.05) is 13.1 Å². The summed E-state index contributed by atoms with van der Waals surface area (Å²) in [5.74, 6) is 0.299. The van der Waals surface area contributed by atoms with Crippen LogP contribution in [0, 0.1) is 0 Å². The molecule has 0 heterocycles. The highest BCUT2D eigenvalue weighted by molar-refractivity contribution is 5.77. The Morgan fingerprint density at radius 3 is 2.38 bits per heavy atom. The van der Waals surface area contributed by atoms with Crippen molar-refractivity contribution in [3.8, 4) is 0 Å². The third-order valence-electron chi connectivity index (χ3n) is 2.92. The second-order valence-corrected chi connectivity index (χ2v) is 4.06. The molecule has 0 aromatic carbocycles. The summed E-state index contributed by atoms with van der Waals surface area (Å²) in [4.78, 5) is 13.3. The SMILES string of the molecule is CCN(CC(C)=O)C1CCCCC1. The number of hydrogen-bond acceptors (Lipinski definition) is 2. The van der Waals surface area contributed by atoms with Crippen LogP contribution in [0.4, 0.5) is 0 Å². The number of nitrogens with zero attached hydrogens (tertiary/aromatic N) is 1. The predicted molar refractivity (Wildman–Crippen MR) is 54.8 cm³/mol. The average Bonchev–Trinajstić information content (AvgIpc) is 2.15. The summed E-state index contributed by atoms with van der Waals surface area (Å²) in [5.41, 5.74) is 0. The van der Waals surface area contributed by atoms with Crippen LogP contribution >= 0.6 is 0 Å². The Balaban J connectivity index is 2.39. The van der Waals surface area contributed by atoms with Gasteiger partial charge in [-0.25, -0.2) is 0 Å². The number of carbonyl (C=O) groups excluding carboxylic acids is 1. The number of rotatable bonds is 4. The molecule has 0 aromatic rings. The van der Waals surface area contributed by atoms with Crippen molar-refractivity contribution in [1.29, 1.82) is 0 Å². The lowest BCUT2D eigenvalue weighted by Gasteiger charge is -2.32. The van der Waals surface area contributed by atoms with Crippen molar-refractivity contribution >= 4 is 5.78 Å². The van der Waals surface area contributed by atoms with Gasteiger partial charge in [-0.2, -0.15) is 0 Å². The van der Waals surface area contributed by atoms with Gasteiger partial charge in [0.2, 0.25) is 0 Å².